The number of amides is 1. The molecule has 1 saturated carbocycles. The highest BCUT2D eigenvalue weighted by atomic mass is 32.1. The van der Waals surface area contributed by atoms with Gasteiger partial charge in [-0.1, -0.05) is 39.5 Å². The van der Waals surface area contributed by atoms with Gasteiger partial charge < -0.3 is 5.32 Å². The molecule has 0 aromatic carbocycles. The van der Waals surface area contributed by atoms with Crippen LogP contribution in [0.15, 0.2) is 16.9 Å². The third-order valence-electron chi connectivity index (χ3n) is 6.15. The minimum absolute atomic E-state index is 0.0715. The molecule has 0 saturated heterocycles. The van der Waals surface area contributed by atoms with Gasteiger partial charge in [-0.05, 0) is 37.8 Å². The first-order valence-electron chi connectivity index (χ1n) is 11.4. The summed E-state index contributed by atoms with van der Waals surface area (Å²) < 4.78 is 4.71. The molecule has 3 aromatic rings. The molecule has 6 nitrogen and oxygen atoms in total. The molecule has 4 rings (SSSR count). The number of hydrogen-bond acceptors (Lipinski definition) is 4. The van der Waals surface area contributed by atoms with Gasteiger partial charge in [0.2, 0.25) is 5.91 Å². The SMILES string of the molecule is CCc1cc2c(cc3c(=O)n(CCCC(=O)NC4CCCCCC4)nc(CC)n32)s1. The second-order valence-corrected chi connectivity index (χ2v) is 9.51. The number of aromatic nitrogens is 3. The van der Waals surface area contributed by atoms with E-state index >= 15 is 0 Å². The fraction of sp³-hybridized carbons (Fsp3) is 0.609. The minimum Gasteiger partial charge on any atom is -0.353 e. The molecule has 1 fully saturated rings. The monoisotopic (exact) mass is 428 g/mol. The Balaban J connectivity index is 1.47. The molecule has 3 aromatic heterocycles. The van der Waals surface area contributed by atoms with Crippen molar-refractivity contribution in [3.63, 3.8) is 0 Å². The largest absolute Gasteiger partial charge is 0.353 e. The van der Waals surface area contributed by atoms with Gasteiger partial charge in [-0.3, -0.25) is 14.0 Å². The van der Waals surface area contributed by atoms with Crippen LogP contribution in [0.1, 0.15) is 75.9 Å². The Hall–Kier alpha value is -2.15. The van der Waals surface area contributed by atoms with E-state index in [4.69, 9.17) is 0 Å². The van der Waals surface area contributed by atoms with Crippen molar-refractivity contribution >= 4 is 33.0 Å². The molecule has 3 heterocycles. The summed E-state index contributed by atoms with van der Waals surface area (Å²) in [5.74, 6) is 0.991. The number of carbonyl (C=O) groups is 1. The zero-order valence-electron chi connectivity index (χ0n) is 18.1. The number of nitrogens with one attached hydrogen (secondary N) is 1. The number of hydrogen-bond donors (Lipinski definition) is 1. The molecule has 0 atom stereocenters. The summed E-state index contributed by atoms with van der Waals surface area (Å²) in [4.78, 5) is 26.7. The van der Waals surface area contributed by atoms with E-state index in [0.717, 1.165) is 41.7 Å². The standard InChI is InChI=1S/C23H32N4O2S/c1-3-17-14-18-20(30-17)15-19-23(29)26(25-21(4-2)27(18)19)13-9-12-22(28)24-16-10-7-5-6-8-11-16/h14-16H,3-13H2,1-2H3,(H,24,28). The first-order valence-corrected chi connectivity index (χ1v) is 12.3. The predicted molar refractivity (Wildman–Crippen MR) is 122 cm³/mol. The maximum absolute atomic E-state index is 13.0. The van der Waals surface area contributed by atoms with Crippen molar-refractivity contribution in [3.05, 3.63) is 33.2 Å². The molecule has 1 N–H and O–H groups in total. The number of thiophene rings is 1. The van der Waals surface area contributed by atoms with Crippen LogP contribution in [0.5, 0.6) is 0 Å². The third kappa shape index (κ3) is 4.31. The van der Waals surface area contributed by atoms with E-state index < -0.39 is 0 Å². The third-order valence-corrected chi connectivity index (χ3v) is 7.36. The van der Waals surface area contributed by atoms with Crippen molar-refractivity contribution in [2.75, 3.05) is 0 Å². The van der Waals surface area contributed by atoms with Gasteiger partial charge in [0.25, 0.3) is 5.56 Å². The Morgan fingerprint density at radius 1 is 1.13 bits per heavy atom. The molecule has 7 heteroatoms. The highest BCUT2D eigenvalue weighted by Gasteiger charge is 2.17. The maximum atomic E-state index is 13.0. The van der Waals surface area contributed by atoms with Crippen LogP contribution >= 0.6 is 11.3 Å². The Bertz CT molecular complexity index is 1090. The molecule has 162 valence electrons. The van der Waals surface area contributed by atoms with Gasteiger partial charge in [0.05, 0.1) is 10.2 Å². The summed E-state index contributed by atoms with van der Waals surface area (Å²) in [5, 5.41) is 7.83. The predicted octanol–water partition coefficient (Wildman–Crippen LogP) is 4.45. The van der Waals surface area contributed by atoms with Crippen LogP contribution in [0.2, 0.25) is 0 Å². The van der Waals surface area contributed by atoms with Crippen LogP contribution in [0.3, 0.4) is 0 Å². The van der Waals surface area contributed by atoms with Gasteiger partial charge in [0.15, 0.2) is 0 Å². The molecule has 0 spiro atoms. The van der Waals surface area contributed by atoms with Crippen molar-refractivity contribution in [1.29, 1.82) is 0 Å². The van der Waals surface area contributed by atoms with Gasteiger partial charge in [-0.25, -0.2) is 4.68 Å². The average Bonchev–Trinajstić information content (AvgIpc) is 3.19. The lowest BCUT2D eigenvalue weighted by atomic mass is 10.1. The van der Waals surface area contributed by atoms with Crippen LogP contribution in [0, 0.1) is 0 Å². The summed E-state index contributed by atoms with van der Waals surface area (Å²) in [5.41, 5.74) is 1.70. The fourth-order valence-electron chi connectivity index (χ4n) is 4.51. The van der Waals surface area contributed by atoms with Crippen LogP contribution in [0.25, 0.3) is 15.7 Å². The van der Waals surface area contributed by atoms with Crippen molar-refractivity contribution in [2.45, 2.75) is 90.6 Å². The molecule has 1 aliphatic carbocycles. The highest BCUT2D eigenvalue weighted by molar-refractivity contribution is 7.19. The van der Waals surface area contributed by atoms with Gasteiger partial charge in [0, 0.05) is 30.3 Å². The lowest BCUT2D eigenvalue weighted by Crippen LogP contribution is -2.34. The summed E-state index contributed by atoms with van der Waals surface area (Å²) in [6.07, 6.45) is 9.96. The number of fused-ring (bicyclic) bond motifs is 3. The van der Waals surface area contributed by atoms with Crippen molar-refractivity contribution in [1.82, 2.24) is 19.5 Å². The van der Waals surface area contributed by atoms with E-state index in [0.29, 0.717) is 30.9 Å². The first-order chi connectivity index (χ1) is 14.6. The van der Waals surface area contributed by atoms with Gasteiger partial charge in [-0.15, -0.1) is 11.3 Å². The Morgan fingerprint density at radius 3 is 2.60 bits per heavy atom. The summed E-state index contributed by atoms with van der Waals surface area (Å²) in [7, 11) is 0. The average molecular weight is 429 g/mol. The van der Waals surface area contributed by atoms with E-state index in [-0.39, 0.29) is 11.5 Å². The van der Waals surface area contributed by atoms with Crippen molar-refractivity contribution < 1.29 is 4.79 Å². The van der Waals surface area contributed by atoms with Crippen molar-refractivity contribution in [3.8, 4) is 0 Å². The minimum atomic E-state index is -0.0715. The zero-order valence-corrected chi connectivity index (χ0v) is 18.9. The number of rotatable bonds is 7. The first kappa shape index (κ1) is 21.1. The number of aryl methyl sites for hydroxylation is 3. The molecule has 0 bridgehead atoms. The molecular formula is C23H32N4O2S. The van der Waals surface area contributed by atoms with Gasteiger partial charge in [0.1, 0.15) is 11.3 Å². The van der Waals surface area contributed by atoms with Gasteiger partial charge >= 0.3 is 0 Å². The van der Waals surface area contributed by atoms with Gasteiger partial charge in [-0.2, -0.15) is 5.10 Å². The molecule has 1 aliphatic rings. The van der Waals surface area contributed by atoms with E-state index in [9.17, 15) is 9.59 Å². The Morgan fingerprint density at radius 2 is 1.90 bits per heavy atom. The lowest BCUT2D eigenvalue weighted by molar-refractivity contribution is -0.122. The van der Waals surface area contributed by atoms with E-state index in [1.165, 1.54) is 30.6 Å². The van der Waals surface area contributed by atoms with E-state index in [1.54, 1.807) is 16.0 Å². The summed E-state index contributed by atoms with van der Waals surface area (Å²) in [6.45, 7) is 4.69. The highest BCUT2D eigenvalue weighted by Crippen LogP contribution is 2.29. The molecule has 0 aliphatic heterocycles. The maximum Gasteiger partial charge on any atom is 0.291 e. The fourth-order valence-corrected chi connectivity index (χ4v) is 5.53. The Labute approximate surface area is 181 Å². The van der Waals surface area contributed by atoms with Crippen LogP contribution in [-0.4, -0.2) is 26.1 Å². The molecule has 1 amide bonds. The number of carbonyl (C=O) groups excluding carboxylic acids is 1. The van der Waals surface area contributed by atoms with Crippen LogP contribution in [0.4, 0.5) is 0 Å². The smallest absolute Gasteiger partial charge is 0.291 e. The van der Waals surface area contributed by atoms with E-state index in [1.807, 2.05) is 10.5 Å². The van der Waals surface area contributed by atoms with Crippen LogP contribution in [-0.2, 0) is 24.2 Å². The van der Waals surface area contributed by atoms with Crippen molar-refractivity contribution in [2.24, 2.45) is 0 Å². The molecule has 0 radical (unpaired) electrons. The molecule has 30 heavy (non-hydrogen) atoms. The zero-order chi connectivity index (χ0) is 21.1. The molecular weight excluding hydrogens is 396 g/mol. The summed E-state index contributed by atoms with van der Waals surface area (Å²) in [6, 6.07) is 4.50. The molecule has 0 unspecified atom stereocenters. The second kappa shape index (κ2) is 9.33. The second-order valence-electron chi connectivity index (χ2n) is 8.34. The lowest BCUT2D eigenvalue weighted by Gasteiger charge is -2.16. The normalized spacial score (nSPS) is 15.7. The quantitative estimate of drug-likeness (QED) is 0.565. The van der Waals surface area contributed by atoms with Crippen LogP contribution < -0.4 is 10.9 Å². The summed E-state index contributed by atoms with van der Waals surface area (Å²) >= 11 is 1.75. The Kier molecular flexibility index (Phi) is 6.56. The van der Waals surface area contributed by atoms with E-state index in [2.05, 4.69) is 30.3 Å². The number of nitrogens with zero attached hydrogens (tertiary/aromatic N) is 3. The topological polar surface area (TPSA) is 68.4 Å².